The van der Waals surface area contributed by atoms with Crippen LogP contribution in [0.5, 0.6) is 0 Å². The summed E-state index contributed by atoms with van der Waals surface area (Å²) >= 11 is 0. The summed E-state index contributed by atoms with van der Waals surface area (Å²) in [5, 5.41) is 3.27. The van der Waals surface area contributed by atoms with Crippen molar-refractivity contribution in [3.8, 4) is 0 Å². The summed E-state index contributed by atoms with van der Waals surface area (Å²) in [5.41, 5.74) is 1.66. The van der Waals surface area contributed by atoms with Crippen LogP contribution in [0.15, 0.2) is 23.0 Å². The molecule has 0 spiro atoms. The maximum atomic E-state index is 5.10. The summed E-state index contributed by atoms with van der Waals surface area (Å²) in [4.78, 5) is 0. The zero-order chi connectivity index (χ0) is 10.4. The van der Waals surface area contributed by atoms with Gasteiger partial charge in [-0.15, -0.1) is 0 Å². The molecule has 1 aromatic rings. The molecule has 2 nitrogen and oxygen atoms in total. The van der Waals surface area contributed by atoms with E-state index in [0.29, 0.717) is 5.41 Å². The van der Waals surface area contributed by atoms with Crippen LogP contribution in [-0.4, -0.2) is 13.6 Å². The largest absolute Gasteiger partial charge is 0.472 e. The molecule has 1 atom stereocenters. The van der Waals surface area contributed by atoms with Crippen LogP contribution in [0.1, 0.15) is 32.3 Å². The molecule has 1 rings (SSSR count). The molecule has 14 heavy (non-hydrogen) atoms. The van der Waals surface area contributed by atoms with Crippen LogP contribution in [0.2, 0.25) is 0 Å². The van der Waals surface area contributed by atoms with Crippen molar-refractivity contribution < 1.29 is 4.42 Å². The van der Waals surface area contributed by atoms with E-state index in [4.69, 9.17) is 4.42 Å². The highest BCUT2D eigenvalue weighted by molar-refractivity contribution is 5.08. The normalized spacial score (nSPS) is 15.4. The number of rotatable bonds is 6. The topological polar surface area (TPSA) is 25.2 Å². The first kappa shape index (κ1) is 11.3. The summed E-state index contributed by atoms with van der Waals surface area (Å²) in [6.07, 6.45) is 7.18. The summed E-state index contributed by atoms with van der Waals surface area (Å²) in [6, 6.07) is 2.06. The molecular formula is C12H21NO. The van der Waals surface area contributed by atoms with E-state index in [-0.39, 0.29) is 0 Å². The van der Waals surface area contributed by atoms with Crippen LogP contribution in [0.25, 0.3) is 0 Å². The van der Waals surface area contributed by atoms with Crippen molar-refractivity contribution in [2.24, 2.45) is 5.41 Å². The molecule has 1 N–H and O–H groups in total. The SMILES string of the molecule is CCCC(C)(CNC)Cc1ccoc1. The second-order valence-electron chi connectivity index (χ2n) is 4.40. The summed E-state index contributed by atoms with van der Waals surface area (Å²) < 4.78 is 5.10. The van der Waals surface area contributed by atoms with E-state index in [1.54, 1.807) is 6.26 Å². The van der Waals surface area contributed by atoms with Crippen LogP contribution in [-0.2, 0) is 6.42 Å². The lowest BCUT2D eigenvalue weighted by Crippen LogP contribution is -2.31. The third-order valence-corrected chi connectivity index (χ3v) is 2.67. The van der Waals surface area contributed by atoms with Crippen molar-refractivity contribution in [2.45, 2.75) is 33.1 Å². The van der Waals surface area contributed by atoms with Gasteiger partial charge in [-0.2, -0.15) is 0 Å². The molecule has 0 aliphatic carbocycles. The van der Waals surface area contributed by atoms with Gasteiger partial charge >= 0.3 is 0 Å². The van der Waals surface area contributed by atoms with Crippen LogP contribution >= 0.6 is 0 Å². The van der Waals surface area contributed by atoms with Crippen molar-refractivity contribution in [2.75, 3.05) is 13.6 Å². The van der Waals surface area contributed by atoms with E-state index in [9.17, 15) is 0 Å². The standard InChI is InChI=1S/C12H21NO/c1-4-6-12(2,10-13-3)8-11-5-7-14-9-11/h5,7,9,13H,4,6,8,10H2,1-3H3. The van der Waals surface area contributed by atoms with Crippen molar-refractivity contribution in [3.63, 3.8) is 0 Å². The van der Waals surface area contributed by atoms with Gasteiger partial charge in [0.2, 0.25) is 0 Å². The van der Waals surface area contributed by atoms with E-state index >= 15 is 0 Å². The van der Waals surface area contributed by atoms with Gasteiger partial charge in [0.05, 0.1) is 12.5 Å². The fourth-order valence-corrected chi connectivity index (χ4v) is 2.16. The number of furan rings is 1. The summed E-state index contributed by atoms with van der Waals surface area (Å²) in [5.74, 6) is 0. The fourth-order valence-electron chi connectivity index (χ4n) is 2.16. The molecule has 0 fully saturated rings. The molecule has 0 radical (unpaired) electrons. The smallest absolute Gasteiger partial charge is 0.0934 e. The number of hydrogen-bond donors (Lipinski definition) is 1. The van der Waals surface area contributed by atoms with Gasteiger partial charge in [0, 0.05) is 6.54 Å². The maximum absolute atomic E-state index is 5.10. The Hall–Kier alpha value is -0.760. The van der Waals surface area contributed by atoms with E-state index in [1.807, 2.05) is 13.3 Å². The molecule has 0 saturated carbocycles. The highest BCUT2D eigenvalue weighted by Gasteiger charge is 2.23. The van der Waals surface area contributed by atoms with Gasteiger partial charge in [-0.3, -0.25) is 0 Å². The molecule has 0 aromatic carbocycles. The predicted octanol–water partition coefficient (Wildman–Crippen LogP) is 2.85. The minimum Gasteiger partial charge on any atom is -0.472 e. The quantitative estimate of drug-likeness (QED) is 0.755. The molecule has 0 aliphatic rings. The molecule has 0 amide bonds. The Morgan fingerprint density at radius 2 is 2.29 bits per heavy atom. The Morgan fingerprint density at radius 3 is 2.79 bits per heavy atom. The van der Waals surface area contributed by atoms with Crippen molar-refractivity contribution in [1.29, 1.82) is 0 Å². The Morgan fingerprint density at radius 1 is 1.50 bits per heavy atom. The Balaban J connectivity index is 2.58. The second kappa shape index (κ2) is 5.20. The van der Waals surface area contributed by atoms with E-state index in [0.717, 1.165) is 13.0 Å². The van der Waals surface area contributed by atoms with Gasteiger partial charge in [0.15, 0.2) is 0 Å². The van der Waals surface area contributed by atoms with E-state index in [1.165, 1.54) is 18.4 Å². The highest BCUT2D eigenvalue weighted by atomic mass is 16.3. The third-order valence-electron chi connectivity index (χ3n) is 2.67. The van der Waals surface area contributed by atoms with Gasteiger partial charge in [0.25, 0.3) is 0 Å². The van der Waals surface area contributed by atoms with E-state index in [2.05, 4.69) is 25.2 Å². The van der Waals surface area contributed by atoms with E-state index < -0.39 is 0 Å². The van der Waals surface area contributed by atoms with Crippen LogP contribution in [0.4, 0.5) is 0 Å². The monoisotopic (exact) mass is 195 g/mol. The average Bonchev–Trinajstić information content (AvgIpc) is 2.57. The Labute approximate surface area is 86.7 Å². The Bertz CT molecular complexity index is 235. The number of hydrogen-bond acceptors (Lipinski definition) is 2. The molecule has 2 heteroatoms. The lowest BCUT2D eigenvalue weighted by molar-refractivity contribution is 0.282. The first-order chi connectivity index (χ1) is 6.70. The summed E-state index contributed by atoms with van der Waals surface area (Å²) in [7, 11) is 2.02. The van der Waals surface area contributed by atoms with Crippen molar-refractivity contribution >= 4 is 0 Å². The van der Waals surface area contributed by atoms with Gasteiger partial charge in [-0.1, -0.05) is 20.3 Å². The van der Waals surface area contributed by atoms with Gasteiger partial charge in [-0.05, 0) is 36.9 Å². The van der Waals surface area contributed by atoms with Crippen molar-refractivity contribution in [3.05, 3.63) is 24.2 Å². The minimum atomic E-state index is 0.355. The zero-order valence-corrected chi connectivity index (χ0v) is 9.47. The first-order valence-electron chi connectivity index (χ1n) is 5.36. The molecule has 1 heterocycles. The molecule has 0 aliphatic heterocycles. The summed E-state index contributed by atoms with van der Waals surface area (Å²) in [6.45, 7) is 5.63. The fraction of sp³-hybridized carbons (Fsp3) is 0.667. The zero-order valence-electron chi connectivity index (χ0n) is 9.47. The Kier molecular flexibility index (Phi) is 4.21. The maximum Gasteiger partial charge on any atom is 0.0934 e. The number of nitrogens with one attached hydrogen (secondary N) is 1. The molecule has 0 bridgehead atoms. The molecule has 80 valence electrons. The average molecular weight is 195 g/mol. The van der Waals surface area contributed by atoms with Crippen LogP contribution in [0, 0.1) is 5.41 Å². The molecule has 0 saturated heterocycles. The predicted molar refractivity (Wildman–Crippen MR) is 59.4 cm³/mol. The molecule has 1 aromatic heterocycles. The van der Waals surface area contributed by atoms with Gasteiger partial charge in [0.1, 0.15) is 0 Å². The van der Waals surface area contributed by atoms with Crippen LogP contribution < -0.4 is 5.32 Å². The highest BCUT2D eigenvalue weighted by Crippen LogP contribution is 2.27. The minimum absolute atomic E-state index is 0.355. The third kappa shape index (κ3) is 3.18. The van der Waals surface area contributed by atoms with Crippen molar-refractivity contribution in [1.82, 2.24) is 5.32 Å². The first-order valence-corrected chi connectivity index (χ1v) is 5.36. The molecular weight excluding hydrogens is 174 g/mol. The lowest BCUT2D eigenvalue weighted by Gasteiger charge is -2.28. The van der Waals surface area contributed by atoms with Gasteiger partial charge < -0.3 is 9.73 Å². The van der Waals surface area contributed by atoms with Gasteiger partial charge in [-0.25, -0.2) is 0 Å². The second-order valence-corrected chi connectivity index (χ2v) is 4.40. The van der Waals surface area contributed by atoms with Crippen LogP contribution in [0.3, 0.4) is 0 Å². The molecule has 1 unspecified atom stereocenters. The lowest BCUT2D eigenvalue weighted by atomic mass is 9.80.